The number of halogens is 1. The van der Waals surface area contributed by atoms with Gasteiger partial charge in [-0.15, -0.1) is 0 Å². The van der Waals surface area contributed by atoms with Gasteiger partial charge in [-0.25, -0.2) is 0 Å². The summed E-state index contributed by atoms with van der Waals surface area (Å²) in [5, 5.41) is 5.39. The van der Waals surface area contributed by atoms with Crippen LogP contribution in [-0.2, 0) is 0 Å². The second kappa shape index (κ2) is 4.19. The van der Waals surface area contributed by atoms with Crippen molar-refractivity contribution in [1.29, 1.82) is 0 Å². The molecule has 0 radical (unpaired) electrons. The molecule has 1 aromatic carbocycles. The van der Waals surface area contributed by atoms with Crippen LogP contribution in [0.15, 0.2) is 30.5 Å². The van der Waals surface area contributed by atoms with E-state index in [2.05, 4.69) is 17.2 Å². The molecule has 1 atom stereocenters. The third kappa shape index (κ3) is 2.22. The Morgan fingerprint density at radius 2 is 2.24 bits per heavy atom. The highest BCUT2D eigenvalue weighted by Gasteiger charge is 2.28. The fraction of sp³-hybridized carbons (Fsp3) is 0.357. The number of benzene rings is 1. The van der Waals surface area contributed by atoms with E-state index in [1.165, 1.54) is 12.8 Å². The Kier molecular flexibility index (Phi) is 2.67. The van der Waals surface area contributed by atoms with E-state index in [0.29, 0.717) is 6.04 Å². The molecule has 2 nitrogen and oxygen atoms in total. The van der Waals surface area contributed by atoms with Crippen molar-refractivity contribution >= 4 is 28.2 Å². The Balaban J connectivity index is 2.01. The number of fused-ring (bicyclic) bond motifs is 1. The van der Waals surface area contributed by atoms with Gasteiger partial charge in [-0.1, -0.05) is 17.7 Å². The molecule has 0 aliphatic heterocycles. The molecule has 3 rings (SSSR count). The topological polar surface area (TPSA) is 24.9 Å². The number of rotatable bonds is 3. The quantitative estimate of drug-likeness (QED) is 0.882. The van der Waals surface area contributed by atoms with Crippen LogP contribution in [0.1, 0.15) is 19.8 Å². The first-order valence-corrected chi connectivity index (χ1v) is 6.42. The molecule has 0 saturated heterocycles. The highest BCUT2D eigenvalue weighted by Crippen LogP contribution is 2.35. The van der Waals surface area contributed by atoms with Crippen molar-refractivity contribution in [2.75, 3.05) is 5.32 Å². The molecule has 1 fully saturated rings. The van der Waals surface area contributed by atoms with Crippen LogP contribution in [0.5, 0.6) is 0 Å². The van der Waals surface area contributed by atoms with Crippen LogP contribution in [0, 0.1) is 5.92 Å². The largest absolute Gasteiger partial charge is 0.381 e. The summed E-state index contributed by atoms with van der Waals surface area (Å²) in [6.45, 7) is 2.23. The van der Waals surface area contributed by atoms with Crippen LogP contribution < -0.4 is 5.32 Å². The normalized spacial score (nSPS) is 17.1. The summed E-state index contributed by atoms with van der Waals surface area (Å²) in [4.78, 5) is 4.43. The van der Waals surface area contributed by atoms with E-state index in [-0.39, 0.29) is 0 Å². The standard InChI is InChI=1S/C14H15ClN2/c1-9(10-4-5-10)17-13-8-12(15)7-11-3-2-6-16-14(11)13/h2-3,6-10,17H,4-5H2,1H3. The monoisotopic (exact) mass is 246 g/mol. The summed E-state index contributed by atoms with van der Waals surface area (Å²) in [7, 11) is 0. The molecular formula is C14H15ClN2. The number of pyridine rings is 1. The SMILES string of the molecule is CC(Nc1cc(Cl)cc2cccnc12)C1CC1. The summed E-state index contributed by atoms with van der Waals surface area (Å²) in [6, 6.07) is 8.40. The van der Waals surface area contributed by atoms with Crippen molar-refractivity contribution in [2.24, 2.45) is 5.92 Å². The van der Waals surface area contributed by atoms with Gasteiger partial charge in [0.15, 0.2) is 0 Å². The summed E-state index contributed by atoms with van der Waals surface area (Å²) in [5.74, 6) is 0.813. The molecule has 88 valence electrons. The van der Waals surface area contributed by atoms with Crippen molar-refractivity contribution in [3.05, 3.63) is 35.5 Å². The van der Waals surface area contributed by atoms with Gasteiger partial charge in [0, 0.05) is 22.6 Å². The van der Waals surface area contributed by atoms with E-state index in [0.717, 1.165) is 27.5 Å². The lowest BCUT2D eigenvalue weighted by atomic mass is 10.1. The minimum Gasteiger partial charge on any atom is -0.381 e. The average Bonchev–Trinajstić information content (AvgIpc) is 3.12. The van der Waals surface area contributed by atoms with Gasteiger partial charge in [-0.05, 0) is 43.9 Å². The number of hydrogen-bond acceptors (Lipinski definition) is 2. The lowest BCUT2D eigenvalue weighted by Gasteiger charge is -2.16. The van der Waals surface area contributed by atoms with Crippen LogP contribution >= 0.6 is 11.6 Å². The maximum atomic E-state index is 6.13. The molecule has 0 amide bonds. The van der Waals surface area contributed by atoms with Crippen LogP contribution in [0.25, 0.3) is 10.9 Å². The molecule has 3 heteroatoms. The lowest BCUT2D eigenvalue weighted by Crippen LogP contribution is -2.17. The summed E-state index contributed by atoms with van der Waals surface area (Å²) < 4.78 is 0. The third-order valence-corrected chi connectivity index (χ3v) is 3.60. The second-order valence-electron chi connectivity index (χ2n) is 4.80. The molecule has 2 aromatic rings. The van der Waals surface area contributed by atoms with Crippen molar-refractivity contribution in [2.45, 2.75) is 25.8 Å². The van der Waals surface area contributed by atoms with E-state index >= 15 is 0 Å². The molecule has 1 aromatic heterocycles. The van der Waals surface area contributed by atoms with E-state index in [1.807, 2.05) is 30.5 Å². The van der Waals surface area contributed by atoms with Gasteiger partial charge in [0.05, 0.1) is 11.2 Å². The first-order chi connectivity index (χ1) is 8.24. The molecule has 1 N–H and O–H groups in total. The van der Waals surface area contributed by atoms with Gasteiger partial charge in [0.1, 0.15) is 0 Å². The first-order valence-electron chi connectivity index (χ1n) is 6.05. The molecule has 1 heterocycles. The second-order valence-corrected chi connectivity index (χ2v) is 5.24. The Labute approximate surface area is 106 Å². The molecule has 1 aliphatic carbocycles. The van der Waals surface area contributed by atoms with E-state index in [1.54, 1.807) is 0 Å². The van der Waals surface area contributed by atoms with Crippen molar-refractivity contribution in [3.63, 3.8) is 0 Å². The zero-order valence-electron chi connectivity index (χ0n) is 9.78. The van der Waals surface area contributed by atoms with Crippen molar-refractivity contribution in [1.82, 2.24) is 4.98 Å². The van der Waals surface area contributed by atoms with Gasteiger partial charge in [0.25, 0.3) is 0 Å². The lowest BCUT2D eigenvalue weighted by molar-refractivity contribution is 0.695. The molecule has 0 bridgehead atoms. The van der Waals surface area contributed by atoms with Crippen LogP contribution in [0.4, 0.5) is 5.69 Å². The number of hydrogen-bond donors (Lipinski definition) is 1. The number of nitrogens with one attached hydrogen (secondary N) is 1. The van der Waals surface area contributed by atoms with Gasteiger partial charge >= 0.3 is 0 Å². The van der Waals surface area contributed by atoms with Gasteiger partial charge in [-0.2, -0.15) is 0 Å². The van der Waals surface area contributed by atoms with Gasteiger partial charge in [0.2, 0.25) is 0 Å². The summed E-state index contributed by atoms with van der Waals surface area (Å²) in [5.41, 5.74) is 2.05. The smallest absolute Gasteiger partial charge is 0.0934 e. The number of nitrogens with zero attached hydrogens (tertiary/aromatic N) is 1. The van der Waals surface area contributed by atoms with E-state index in [9.17, 15) is 0 Å². The fourth-order valence-electron chi connectivity index (χ4n) is 2.23. The molecular weight excluding hydrogens is 232 g/mol. The van der Waals surface area contributed by atoms with E-state index < -0.39 is 0 Å². The highest BCUT2D eigenvalue weighted by molar-refractivity contribution is 6.31. The number of aromatic nitrogens is 1. The predicted octanol–water partition coefficient (Wildman–Crippen LogP) is 4.10. The number of anilines is 1. The maximum Gasteiger partial charge on any atom is 0.0934 e. The zero-order chi connectivity index (χ0) is 11.8. The van der Waals surface area contributed by atoms with Gasteiger partial charge in [-0.3, -0.25) is 4.98 Å². The Morgan fingerprint density at radius 3 is 3.00 bits per heavy atom. The zero-order valence-corrected chi connectivity index (χ0v) is 10.5. The van der Waals surface area contributed by atoms with Crippen LogP contribution in [0.2, 0.25) is 5.02 Å². The minimum atomic E-state index is 0.499. The average molecular weight is 247 g/mol. The fourth-order valence-corrected chi connectivity index (χ4v) is 2.45. The molecule has 17 heavy (non-hydrogen) atoms. The highest BCUT2D eigenvalue weighted by atomic mass is 35.5. The predicted molar refractivity (Wildman–Crippen MR) is 72.6 cm³/mol. The molecule has 1 aliphatic rings. The van der Waals surface area contributed by atoms with Crippen LogP contribution in [-0.4, -0.2) is 11.0 Å². The molecule has 1 unspecified atom stereocenters. The minimum absolute atomic E-state index is 0.499. The van der Waals surface area contributed by atoms with Crippen LogP contribution in [0.3, 0.4) is 0 Å². The van der Waals surface area contributed by atoms with Crippen molar-refractivity contribution < 1.29 is 0 Å². The van der Waals surface area contributed by atoms with E-state index in [4.69, 9.17) is 11.6 Å². The maximum absolute atomic E-state index is 6.13. The molecule has 1 saturated carbocycles. The third-order valence-electron chi connectivity index (χ3n) is 3.38. The summed E-state index contributed by atoms with van der Waals surface area (Å²) >= 11 is 6.13. The van der Waals surface area contributed by atoms with Crippen molar-refractivity contribution in [3.8, 4) is 0 Å². The Bertz CT molecular complexity index is 549. The Hall–Kier alpha value is -1.28. The molecule has 0 spiro atoms. The Morgan fingerprint density at radius 1 is 1.41 bits per heavy atom. The van der Waals surface area contributed by atoms with Gasteiger partial charge < -0.3 is 5.32 Å². The first kappa shape index (κ1) is 10.8. The summed E-state index contributed by atoms with van der Waals surface area (Å²) in [6.07, 6.45) is 4.49.